The molecular formula is C10H16N4O2. The van der Waals surface area contributed by atoms with Crippen LogP contribution in [0.4, 0.5) is 5.82 Å². The van der Waals surface area contributed by atoms with Crippen molar-refractivity contribution >= 4 is 5.82 Å². The van der Waals surface area contributed by atoms with E-state index < -0.39 is 0 Å². The fraction of sp³-hybridized carbons (Fsp3) is 0.600. The first kappa shape index (κ1) is 11.3. The molecule has 0 saturated carbocycles. The third kappa shape index (κ3) is 2.46. The van der Waals surface area contributed by atoms with Crippen molar-refractivity contribution in [2.24, 2.45) is 5.84 Å². The van der Waals surface area contributed by atoms with Gasteiger partial charge in [-0.1, -0.05) is 0 Å². The Bertz CT molecular complexity index is 353. The number of hydrazine groups is 1. The van der Waals surface area contributed by atoms with Crippen molar-refractivity contribution in [2.45, 2.75) is 25.6 Å². The molecule has 0 bridgehead atoms. The first-order chi connectivity index (χ1) is 7.83. The van der Waals surface area contributed by atoms with Gasteiger partial charge < -0.3 is 14.9 Å². The van der Waals surface area contributed by atoms with Crippen LogP contribution in [0.2, 0.25) is 0 Å². The summed E-state index contributed by atoms with van der Waals surface area (Å²) in [5.74, 6) is 6.63. The number of rotatable bonds is 4. The highest BCUT2D eigenvalue weighted by molar-refractivity contribution is 5.34. The van der Waals surface area contributed by atoms with Gasteiger partial charge in [0.05, 0.1) is 12.3 Å². The summed E-state index contributed by atoms with van der Waals surface area (Å²) in [6, 6.07) is 1.77. The van der Waals surface area contributed by atoms with Crippen LogP contribution in [0.1, 0.15) is 30.5 Å². The van der Waals surface area contributed by atoms with Gasteiger partial charge in [-0.25, -0.2) is 15.8 Å². The van der Waals surface area contributed by atoms with E-state index >= 15 is 0 Å². The maximum absolute atomic E-state index is 5.54. The summed E-state index contributed by atoms with van der Waals surface area (Å²) in [7, 11) is 1.63. The van der Waals surface area contributed by atoms with Crippen molar-refractivity contribution in [1.82, 2.24) is 9.97 Å². The second kappa shape index (κ2) is 5.20. The molecule has 0 amide bonds. The summed E-state index contributed by atoms with van der Waals surface area (Å²) in [5, 5.41) is 0. The number of nitrogens with one attached hydrogen (secondary N) is 1. The van der Waals surface area contributed by atoms with Crippen molar-refractivity contribution in [3.63, 3.8) is 0 Å². The highest BCUT2D eigenvalue weighted by atomic mass is 16.5. The molecule has 1 aliphatic rings. The number of aromatic nitrogens is 2. The van der Waals surface area contributed by atoms with E-state index in [4.69, 9.17) is 15.3 Å². The molecule has 1 saturated heterocycles. The Balaban J connectivity index is 2.24. The molecule has 1 aromatic rings. The van der Waals surface area contributed by atoms with Crippen molar-refractivity contribution < 1.29 is 9.47 Å². The Labute approximate surface area is 94.1 Å². The molecule has 1 aliphatic heterocycles. The average molecular weight is 224 g/mol. The van der Waals surface area contributed by atoms with Crippen LogP contribution in [0.15, 0.2) is 6.07 Å². The van der Waals surface area contributed by atoms with Gasteiger partial charge in [-0.3, -0.25) is 0 Å². The van der Waals surface area contributed by atoms with E-state index in [0.29, 0.717) is 18.2 Å². The average Bonchev–Trinajstić information content (AvgIpc) is 2.82. The fourth-order valence-electron chi connectivity index (χ4n) is 1.74. The zero-order valence-electron chi connectivity index (χ0n) is 9.27. The van der Waals surface area contributed by atoms with Crippen LogP contribution in [0.25, 0.3) is 0 Å². The van der Waals surface area contributed by atoms with Crippen LogP contribution in [0, 0.1) is 0 Å². The van der Waals surface area contributed by atoms with Gasteiger partial charge in [-0.15, -0.1) is 0 Å². The lowest BCUT2D eigenvalue weighted by Crippen LogP contribution is -2.13. The first-order valence-electron chi connectivity index (χ1n) is 5.28. The van der Waals surface area contributed by atoms with E-state index in [1.54, 1.807) is 13.2 Å². The van der Waals surface area contributed by atoms with Gasteiger partial charge in [0.1, 0.15) is 11.9 Å². The van der Waals surface area contributed by atoms with Crippen molar-refractivity contribution in [2.75, 3.05) is 19.1 Å². The molecule has 16 heavy (non-hydrogen) atoms. The number of nitrogens with two attached hydrogens (primary N) is 1. The second-order valence-corrected chi connectivity index (χ2v) is 3.68. The maximum atomic E-state index is 5.54. The van der Waals surface area contributed by atoms with E-state index in [1.165, 1.54) is 0 Å². The Morgan fingerprint density at radius 2 is 2.50 bits per heavy atom. The number of ether oxygens (including phenoxy) is 2. The number of nitrogens with zero attached hydrogens (tertiary/aromatic N) is 2. The van der Waals surface area contributed by atoms with Crippen molar-refractivity contribution in [1.29, 1.82) is 0 Å². The molecule has 0 radical (unpaired) electrons. The molecule has 1 fully saturated rings. The normalized spacial score (nSPS) is 20.0. The summed E-state index contributed by atoms with van der Waals surface area (Å²) < 4.78 is 10.6. The minimum Gasteiger partial charge on any atom is -0.378 e. The van der Waals surface area contributed by atoms with Crippen molar-refractivity contribution in [3.05, 3.63) is 17.6 Å². The van der Waals surface area contributed by atoms with Crippen LogP contribution in [0.3, 0.4) is 0 Å². The van der Waals surface area contributed by atoms with E-state index in [9.17, 15) is 0 Å². The lowest BCUT2D eigenvalue weighted by Gasteiger charge is -2.11. The van der Waals surface area contributed by atoms with E-state index in [-0.39, 0.29) is 6.10 Å². The van der Waals surface area contributed by atoms with E-state index in [1.807, 2.05) is 0 Å². The van der Waals surface area contributed by atoms with Gasteiger partial charge >= 0.3 is 0 Å². The van der Waals surface area contributed by atoms with Gasteiger partial charge in [0.25, 0.3) is 0 Å². The molecule has 6 nitrogen and oxygen atoms in total. The van der Waals surface area contributed by atoms with Gasteiger partial charge in [-0.05, 0) is 12.8 Å². The smallest absolute Gasteiger partial charge is 0.159 e. The molecule has 0 aliphatic carbocycles. The Morgan fingerprint density at radius 1 is 1.62 bits per heavy atom. The number of hydrogen-bond donors (Lipinski definition) is 2. The van der Waals surface area contributed by atoms with Crippen LogP contribution < -0.4 is 11.3 Å². The standard InChI is InChI=1S/C10H16N4O2/c1-15-6-7-5-9(14-11)13-10(12-7)8-3-2-4-16-8/h5,8H,2-4,6,11H2,1H3,(H,12,13,14). The summed E-state index contributed by atoms with van der Waals surface area (Å²) in [6.45, 7) is 1.21. The van der Waals surface area contributed by atoms with Crippen molar-refractivity contribution in [3.8, 4) is 0 Å². The third-order valence-electron chi connectivity index (χ3n) is 2.45. The monoisotopic (exact) mass is 224 g/mol. The van der Waals surface area contributed by atoms with E-state index in [0.717, 1.165) is 25.1 Å². The molecule has 1 aromatic heterocycles. The van der Waals surface area contributed by atoms with Gasteiger partial charge in [0.2, 0.25) is 0 Å². The molecule has 1 atom stereocenters. The molecule has 6 heteroatoms. The minimum absolute atomic E-state index is 0.0103. The lowest BCUT2D eigenvalue weighted by molar-refractivity contribution is 0.104. The van der Waals surface area contributed by atoms with Gasteiger partial charge in [0, 0.05) is 19.8 Å². The summed E-state index contributed by atoms with van der Waals surface area (Å²) in [4.78, 5) is 8.68. The number of hydrogen-bond acceptors (Lipinski definition) is 6. The molecule has 0 spiro atoms. The first-order valence-corrected chi connectivity index (χ1v) is 5.28. The lowest BCUT2D eigenvalue weighted by atomic mass is 10.2. The third-order valence-corrected chi connectivity index (χ3v) is 2.45. The number of anilines is 1. The fourth-order valence-corrected chi connectivity index (χ4v) is 1.74. The molecule has 0 aromatic carbocycles. The molecule has 2 rings (SSSR count). The molecule has 1 unspecified atom stereocenters. The van der Waals surface area contributed by atoms with Crippen LogP contribution in [0.5, 0.6) is 0 Å². The van der Waals surface area contributed by atoms with Gasteiger partial charge in [-0.2, -0.15) is 0 Å². The Kier molecular flexibility index (Phi) is 3.66. The topological polar surface area (TPSA) is 82.3 Å². The number of nitrogen functional groups attached to an aromatic ring is 1. The van der Waals surface area contributed by atoms with E-state index in [2.05, 4.69) is 15.4 Å². The quantitative estimate of drug-likeness (QED) is 0.580. The molecular weight excluding hydrogens is 208 g/mol. The largest absolute Gasteiger partial charge is 0.378 e. The van der Waals surface area contributed by atoms with Gasteiger partial charge in [0.15, 0.2) is 5.82 Å². The summed E-state index contributed by atoms with van der Waals surface area (Å²) in [6.07, 6.45) is 2.00. The summed E-state index contributed by atoms with van der Waals surface area (Å²) >= 11 is 0. The second-order valence-electron chi connectivity index (χ2n) is 3.68. The highest BCUT2D eigenvalue weighted by Crippen LogP contribution is 2.26. The Morgan fingerprint density at radius 3 is 3.12 bits per heavy atom. The van der Waals surface area contributed by atoms with Crippen LogP contribution in [-0.2, 0) is 16.1 Å². The maximum Gasteiger partial charge on any atom is 0.159 e. The molecule has 88 valence electrons. The van der Waals surface area contributed by atoms with Crippen LogP contribution >= 0.6 is 0 Å². The zero-order chi connectivity index (χ0) is 11.4. The molecule has 3 N–H and O–H groups in total. The number of methoxy groups -OCH3 is 1. The highest BCUT2D eigenvalue weighted by Gasteiger charge is 2.21. The Hall–Kier alpha value is -1.24. The SMILES string of the molecule is COCc1cc(NN)nc(C2CCCO2)n1. The zero-order valence-corrected chi connectivity index (χ0v) is 9.27. The van der Waals surface area contributed by atoms with Crippen LogP contribution in [-0.4, -0.2) is 23.7 Å². The summed E-state index contributed by atoms with van der Waals surface area (Å²) in [5.41, 5.74) is 3.33. The predicted molar refractivity (Wildman–Crippen MR) is 58.5 cm³/mol. The predicted octanol–water partition coefficient (Wildman–Crippen LogP) is 0.760. The molecule has 2 heterocycles. The minimum atomic E-state index is -0.0103.